The van der Waals surface area contributed by atoms with E-state index in [1.807, 2.05) is 30.9 Å². The fourth-order valence-electron chi connectivity index (χ4n) is 4.31. The minimum absolute atomic E-state index is 0.00757. The zero-order valence-corrected chi connectivity index (χ0v) is 17.6. The van der Waals surface area contributed by atoms with Crippen molar-refractivity contribution in [1.82, 2.24) is 9.97 Å². The summed E-state index contributed by atoms with van der Waals surface area (Å²) in [6, 6.07) is 8.48. The van der Waals surface area contributed by atoms with E-state index in [9.17, 15) is 13.6 Å². The van der Waals surface area contributed by atoms with Crippen LogP contribution in [0.15, 0.2) is 30.3 Å². The van der Waals surface area contributed by atoms with Crippen molar-refractivity contribution in [2.45, 2.75) is 51.7 Å². The molecule has 2 aliphatic heterocycles. The first-order valence-corrected chi connectivity index (χ1v) is 10.5. The monoisotopic (exact) mass is 427 g/mol. The number of anilines is 1. The second-order valence-corrected chi connectivity index (χ2v) is 8.59. The van der Waals surface area contributed by atoms with Gasteiger partial charge in [-0.2, -0.15) is 0 Å². The number of benzene rings is 2. The van der Waals surface area contributed by atoms with Crippen LogP contribution < -0.4 is 14.4 Å². The number of ether oxygens (including phenoxy) is 2. The van der Waals surface area contributed by atoms with Crippen LogP contribution in [0.25, 0.3) is 22.4 Å². The molecule has 0 aliphatic carbocycles. The molecule has 0 atom stereocenters. The number of hydrogen-bond donors (Lipinski definition) is 1. The Hall–Kier alpha value is -3.16. The number of unbranched alkanes of at least 4 members (excludes halogenated alkanes) is 2. The van der Waals surface area contributed by atoms with Crippen LogP contribution in [-0.4, -0.2) is 28.7 Å². The van der Waals surface area contributed by atoms with Crippen molar-refractivity contribution in [2.75, 3.05) is 11.4 Å². The van der Waals surface area contributed by atoms with Crippen molar-refractivity contribution in [1.29, 1.82) is 0 Å². The van der Waals surface area contributed by atoms with E-state index >= 15 is 0 Å². The number of alkyl halides is 2. The van der Waals surface area contributed by atoms with Crippen LogP contribution >= 0.6 is 0 Å². The summed E-state index contributed by atoms with van der Waals surface area (Å²) >= 11 is 0. The first kappa shape index (κ1) is 19.8. The van der Waals surface area contributed by atoms with E-state index in [2.05, 4.69) is 26.4 Å². The molecular weight excluding hydrogens is 404 g/mol. The second kappa shape index (κ2) is 6.67. The summed E-state index contributed by atoms with van der Waals surface area (Å²) < 4.78 is 35.7. The van der Waals surface area contributed by atoms with Crippen molar-refractivity contribution in [2.24, 2.45) is 0 Å². The number of fused-ring (bicyclic) bond motifs is 3. The third-order valence-corrected chi connectivity index (χ3v) is 6.00. The molecule has 0 spiro atoms. The summed E-state index contributed by atoms with van der Waals surface area (Å²) in [5.41, 5.74) is 3.32. The van der Waals surface area contributed by atoms with Gasteiger partial charge >= 0.3 is 6.29 Å². The average Bonchev–Trinajstić information content (AvgIpc) is 3.32. The predicted molar refractivity (Wildman–Crippen MR) is 113 cm³/mol. The third-order valence-electron chi connectivity index (χ3n) is 6.00. The highest BCUT2D eigenvalue weighted by Crippen LogP contribution is 2.45. The van der Waals surface area contributed by atoms with Gasteiger partial charge < -0.3 is 19.4 Å². The Morgan fingerprint density at radius 2 is 1.87 bits per heavy atom. The van der Waals surface area contributed by atoms with E-state index in [1.54, 1.807) is 6.07 Å². The maximum Gasteiger partial charge on any atom is 0.586 e. The molecule has 0 unspecified atom stereocenters. The maximum absolute atomic E-state index is 13.3. The summed E-state index contributed by atoms with van der Waals surface area (Å²) in [5, 5.41) is 0. The van der Waals surface area contributed by atoms with Gasteiger partial charge in [-0.3, -0.25) is 4.79 Å². The molecule has 8 heteroatoms. The van der Waals surface area contributed by atoms with Gasteiger partial charge in [-0.25, -0.2) is 4.98 Å². The molecule has 3 aromatic rings. The number of aromatic amines is 1. The summed E-state index contributed by atoms with van der Waals surface area (Å²) in [5.74, 6) is 0.594. The lowest BCUT2D eigenvalue weighted by atomic mass is 9.86. The zero-order valence-electron chi connectivity index (χ0n) is 17.6. The van der Waals surface area contributed by atoms with Crippen LogP contribution in [0, 0.1) is 0 Å². The summed E-state index contributed by atoms with van der Waals surface area (Å²) in [4.78, 5) is 22.8. The Morgan fingerprint density at radius 1 is 1.10 bits per heavy atom. The van der Waals surface area contributed by atoms with Gasteiger partial charge in [-0.05, 0) is 56.2 Å². The second-order valence-electron chi connectivity index (χ2n) is 8.59. The van der Waals surface area contributed by atoms with Gasteiger partial charge in [0.25, 0.3) is 0 Å². The van der Waals surface area contributed by atoms with E-state index in [0.29, 0.717) is 23.4 Å². The topological polar surface area (TPSA) is 67.5 Å². The number of imidazole rings is 1. The molecule has 0 bridgehead atoms. The molecule has 3 heterocycles. The molecule has 0 radical (unpaired) electrons. The molecular formula is C23H23F2N3O3. The van der Waals surface area contributed by atoms with Crippen molar-refractivity contribution >= 4 is 22.6 Å². The first-order valence-electron chi connectivity index (χ1n) is 10.5. The van der Waals surface area contributed by atoms with E-state index in [4.69, 9.17) is 0 Å². The van der Waals surface area contributed by atoms with Crippen LogP contribution in [-0.2, 0) is 10.2 Å². The highest BCUT2D eigenvalue weighted by Gasteiger charge is 2.45. The molecule has 2 aliphatic rings. The van der Waals surface area contributed by atoms with Gasteiger partial charge in [0.05, 0.1) is 22.1 Å². The Labute approximate surface area is 178 Å². The Balaban J connectivity index is 1.54. The fourth-order valence-corrected chi connectivity index (χ4v) is 4.31. The number of rotatable bonds is 5. The lowest BCUT2D eigenvalue weighted by Crippen LogP contribution is -2.36. The van der Waals surface area contributed by atoms with Gasteiger partial charge in [-0.1, -0.05) is 19.8 Å². The van der Waals surface area contributed by atoms with Crippen LogP contribution in [0.4, 0.5) is 14.5 Å². The Bertz CT molecular complexity index is 1200. The van der Waals surface area contributed by atoms with Crippen LogP contribution in [0.5, 0.6) is 11.5 Å². The number of carbonyl (C=O) groups is 1. The minimum atomic E-state index is -3.66. The quantitative estimate of drug-likeness (QED) is 0.556. The predicted octanol–water partition coefficient (Wildman–Crippen LogP) is 5.37. The Kier molecular flexibility index (Phi) is 4.26. The van der Waals surface area contributed by atoms with Crippen molar-refractivity contribution < 1.29 is 23.0 Å². The van der Waals surface area contributed by atoms with Crippen molar-refractivity contribution in [3.05, 3.63) is 35.9 Å². The lowest BCUT2D eigenvalue weighted by molar-refractivity contribution is -0.286. The normalized spacial score (nSPS) is 18.1. The van der Waals surface area contributed by atoms with Crippen LogP contribution in [0.1, 0.15) is 45.6 Å². The first-order chi connectivity index (χ1) is 14.7. The molecule has 0 fully saturated rings. The van der Waals surface area contributed by atoms with E-state index in [0.717, 1.165) is 36.0 Å². The molecule has 1 aromatic heterocycles. The summed E-state index contributed by atoms with van der Waals surface area (Å²) in [6.45, 7) is 6.69. The molecule has 162 valence electrons. The molecule has 2 aromatic carbocycles. The maximum atomic E-state index is 13.3. The van der Waals surface area contributed by atoms with Gasteiger partial charge in [0.2, 0.25) is 5.91 Å². The molecule has 31 heavy (non-hydrogen) atoms. The number of carbonyl (C=O) groups excluding carboxylic acids is 1. The number of amides is 1. The molecule has 5 rings (SSSR count). The summed E-state index contributed by atoms with van der Waals surface area (Å²) in [6.07, 6.45) is -0.553. The van der Waals surface area contributed by atoms with Crippen LogP contribution in [0.2, 0.25) is 0 Å². The van der Waals surface area contributed by atoms with Crippen LogP contribution in [0.3, 0.4) is 0 Å². The smallest absolute Gasteiger partial charge is 0.395 e. The number of nitrogens with zero attached hydrogens (tertiary/aromatic N) is 2. The number of hydrogen-bond acceptors (Lipinski definition) is 4. The van der Waals surface area contributed by atoms with Gasteiger partial charge in [0, 0.05) is 12.1 Å². The van der Waals surface area contributed by atoms with Gasteiger partial charge in [0.15, 0.2) is 11.5 Å². The Morgan fingerprint density at radius 3 is 2.65 bits per heavy atom. The fraction of sp³-hybridized carbons (Fsp3) is 0.391. The number of halogens is 2. The molecule has 6 nitrogen and oxygen atoms in total. The van der Waals surface area contributed by atoms with E-state index in [1.165, 1.54) is 12.1 Å². The molecule has 0 saturated carbocycles. The number of H-pyrrole nitrogens is 1. The van der Waals surface area contributed by atoms with Crippen molar-refractivity contribution in [3.63, 3.8) is 0 Å². The van der Waals surface area contributed by atoms with E-state index in [-0.39, 0.29) is 17.4 Å². The number of nitrogens with one attached hydrogen (secondary N) is 1. The van der Waals surface area contributed by atoms with Crippen molar-refractivity contribution in [3.8, 4) is 22.9 Å². The number of aromatic nitrogens is 2. The minimum Gasteiger partial charge on any atom is -0.395 e. The standard InChI is InChI=1S/C23H23F2N3O3/c1-4-5-6-9-28-17-12-16-15(11-14(17)22(2,3)21(28)29)26-20(27-16)13-7-8-18-19(10-13)31-23(24,25)30-18/h7-8,10-12H,4-6,9H2,1-3H3,(H,26,27). The average molecular weight is 427 g/mol. The lowest BCUT2D eigenvalue weighted by Gasteiger charge is -2.20. The highest BCUT2D eigenvalue weighted by atomic mass is 19.3. The summed E-state index contributed by atoms with van der Waals surface area (Å²) in [7, 11) is 0. The van der Waals surface area contributed by atoms with E-state index < -0.39 is 11.7 Å². The zero-order chi connectivity index (χ0) is 22.0. The third kappa shape index (κ3) is 3.12. The molecule has 0 saturated heterocycles. The molecule has 1 amide bonds. The van der Waals surface area contributed by atoms with Gasteiger partial charge in [-0.15, -0.1) is 8.78 Å². The highest BCUT2D eigenvalue weighted by molar-refractivity contribution is 6.09. The van der Waals surface area contributed by atoms with Gasteiger partial charge in [0.1, 0.15) is 5.82 Å². The SMILES string of the molecule is CCCCCN1C(=O)C(C)(C)c2cc3nc(-c4ccc5c(c4)OC(F)(F)O5)[nH]c3cc21. The largest absolute Gasteiger partial charge is 0.586 e. The molecule has 1 N–H and O–H groups in total.